The van der Waals surface area contributed by atoms with E-state index in [1.54, 1.807) is 0 Å². The maximum atomic E-state index is 13.1. The van der Waals surface area contributed by atoms with E-state index >= 15 is 0 Å². The molecule has 4 heterocycles. The zero-order valence-corrected chi connectivity index (χ0v) is 18.5. The van der Waals surface area contributed by atoms with Gasteiger partial charge in [-0.2, -0.15) is 4.31 Å². The Kier molecular flexibility index (Phi) is 4.93. The van der Waals surface area contributed by atoms with Gasteiger partial charge in [0.1, 0.15) is 5.65 Å². The molecule has 0 amide bonds. The van der Waals surface area contributed by atoms with Gasteiger partial charge in [-0.05, 0) is 36.8 Å². The third kappa shape index (κ3) is 3.57. The molecule has 1 N–H and O–H groups in total. The van der Waals surface area contributed by atoms with Crippen LogP contribution in [0.1, 0.15) is 17.0 Å². The minimum absolute atomic E-state index is 0.0665. The van der Waals surface area contributed by atoms with E-state index in [9.17, 15) is 13.2 Å². The molecule has 160 valence electrons. The Hall–Kier alpha value is -2.59. The van der Waals surface area contributed by atoms with E-state index in [2.05, 4.69) is 10.1 Å². The van der Waals surface area contributed by atoms with Crippen molar-refractivity contribution in [2.75, 3.05) is 6.54 Å². The molecule has 0 atom stereocenters. The monoisotopic (exact) mass is 477 g/mol. The van der Waals surface area contributed by atoms with Crippen molar-refractivity contribution in [2.45, 2.75) is 24.4 Å². The quantitative estimate of drug-likeness (QED) is 0.488. The number of fused-ring (bicyclic) bond motifs is 2. The van der Waals surface area contributed by atoms with Gasteiger partial charge in [0.2, 0.25) is 10.0 Å². The average molecular weight is 478 g/mol. The van der Waals surface area contributed by atoms with Crippen molar-refractivity contribution in [2.24, 2.45) is 0 Å². The molecule has 11 heteroatoms. The lowest BCUT2D eigenvalue weighted by Gasteiger charge is -2.25. The van der Waals surface area contributed by atoms with Crippen molar-refractivity contribution in [1.82, 2.24) is 23.5 Å². The van der Waals surface area contributed by atoms with Crippen molar-refractivity contribution in [3.63, 3.8) is 0 Å². The van der Waals surface area contributed by atoms with Crippen molar-refractivity contribution in [3.05, 3.63) is 86.1 Å². The van der Waals surface area contributed by atoms with E-state index < -0.39 is 10.0 Å². The normalized spacial score (nSPS) is 14.8. The van der Waals surface area contributed by atoms with Crippen LogP contribution in [0.25, 0.3) is 5.65 Å². The second kappa shape index (κ2) is 7.52. The third-order valence-electron chi connectivity index (χ3n) is 5.35. The number of nitrogens with one attached hydrogen (secondary N) is 1. The number of imidazole rings is 1. The zero-order chi connectivity index (χ0) is 21.8. The largest absolute Gasteiger partial charge is 0.307 e. The lowest BCUT2D eigenvalue weighted by Crippen LogP contribution is -2.37. The Morgan fingerprint density at radius 3 is 2.74 bits per heavy atom. The van der Waals surface area contributed by atoms with Crippen LogP contribution in [-0.4, -0.2) is 38.4 Å². The summed E-state index contributed by atoms with van der Waals surface area (Å²) in [5, 5.41) is 3.53. The first-order valence-electron chi connectivity index (χ1n) is 9.51. The van der Waals surface area contributed by atoms with Gasteiger partial charge in [0.15, 0.2) is 0 Å². The lowest BCUT2D eigenvalue weighted by molar-refractivity contribution is 0.386. The molecule has 31 heavy (non-hydrogen) atoms. The SMILES string of the molecule is O=c1c2c([nH]n1Cc1cn3ccccc3n1)CN(S(=O)(=O)c1ccc(Cl)c(Cl)c1)CC2. The molecule has 0 radical (unpaired) electrons. The van der Waals surface area contributed by atoms with Gasteiger partial charge in [0.05, 0.1) is 39.4 Å². The summed E-state index contributed by atoms with van der Waals surface area (Å²) in [7, 11) is -3.78. The Labute approximate surface area is 187 Å². The summed E-state index contributed by atoms with van der Waals surface area (Å²) in [5.41, 5.74) is 2.56. The van der Waals surface area contributed by atoms with Crippen LogP contribution in [0.3, 0.4) is 0 Å². The molecule has 1 aliphatic heterocycles. The molecule has 0 spiro atoms. The van der Waals surface area contributed by atoms with Crippen LogP contribution >= 0.6 is 23.2 Å². The molecule has 0 bridgehead atoms. The van der Waals surface area contributed by atoms with Gasteiger partial charge in [0, 0.05) is 24.5 Å². The molecule has 0 aliphatic carbocycles. The second-order valence-corrected chi connectivity index (χ2v) is 10.1. The molecule has 1 aliphatic rings. The minimum atomic E-state index is -3.78. The summed E-state index contributed by atoms with van der Waals surface area (Å²) in [6, 6.07) is 9.91. The summed E-state index contributed by atoms with van der Waals surface area (Å²) in [4.78, 5) is 17.4. The zero-order valence-electron chi connectivity index (χ0n) is 16.1. The van der Waals surface area contributed by atoms with Gasteiger partial charge in [-0.3, -0.25) is 9.89 Å². The summed E-state index contributed by atoms with van der Waals surface area (Å²) >= 11 is 11.9. The fourth-order valence-electron chi connectivity index (χ4n) is 3.78. The highest BCUT2D eigenvalue weighted by molar-refractivity contribution is 7.89. The molecule has 0 saturated heterocycles. The summed E-state index contributed by atoms with van der Waals surface area (Å²) in [6.45, 7) is 0.551. The van der Waals surface area contributed by atoms with Crippen molar-refractivity contribution in [1.29, 1.82) is 0 Å². The number of sulfonamides is 1. The second-order valence-electron chi connectivity index (χ2n) is 7.32. The van der Waals surface area contributed by atoms with Crippen molar-refractivity contribution in [3.8, 4) is 0 Å². The topological polar surface area (TPSA) is 92.5 Å². The smallest absolute Gasteiger partial charge is 0.270 e. The van der Waals surface area contributed by atoms with Gasteiger partial charge in [-0.25, -0.2) is 18.1 Å². The molecule has 5 rings (SSSR count). The van der Waals surface area contributed by atoms with E-state index in [0.29, 0.717) is 17.7 Å². The van der Waals surface area contributed by atoms with Crippen LogP contribution in [0.15, 0.2) is 58.5 Å². The van der Waals surface area contributed by atoms with E-state index in [1.165, 1.54) is 27.2 Å². The molecule has 0 saturated carbocycles. The molecule has 8 nitrogen and oxygen atoms in total. The molecule has 0 unspecified atom stereocenters. The van der Waals surface area contributed by atoms with E-state index in [0.717, 1.165) is 11.3 Å². The van der Waals surface area contributed by atoms with E-state index in [1.807, 2.05) is 35.0 Å². The average Bonchev–Trinajstić information content (AvgIpc) is 3.30. The van der Waals surface area contributed by atoms with Gasteiger partial charge >= 0.3 is 0 Å². The summed E-state index contributed by atoms with van der Waals surface area (Å²) < 4.78 is 30.8. The van der Waals surface area contributed by atoms with Crippen LogP contribution in [-0.2, 0) is 29.5 Å². The molecule has 1 aromatic carbocycles. The van der Waals surface area contributed by atoms with Crippen molar-refractivity contribution < 1.29 is 8.42 Å². The molecular weight excluding hydrogens is 461 g/mol. The number of nitrogens with zero attached hydrogens (tertiary/aromatic N) is 4. The molecule has 0 fully saturated rings. The van der Waals surface area contributed by atoms with Crippen LogP contribution < -0.4 is 5.56 Å². The van der Waals surface area contributed by atoms with Gasteiger partial charge < -0.3 is 4.40 Å². The Morgan fingerprint density at radius 2 is 1.97 bits per heavy atom. The fraction of sp³-hybridized carbons (Fsp3) is 0.200. The van der Waals surface area contributed by atoms with Crippen LogP contribution in [0, 0.1) is 0 Å². The predicted octanol–water partition coefficient (Wildman–Crippen LogP) is 2.93. The highest BCUT2D eigenvalue weighted by atomic mass is 35.5. The maximum absolute atomic E-state index is 13.1. The standard InChI is InChI=1S/C20H17Cl2N5O3S/c21-16-5-4-14(9-17(16)22)31(29,30)26-8-6-15-18(12-26)24-27(20(15)28)11-13-10-25-7-2-1-3-19(25)23-13/h1-5,7,9-10,24H,6,8,11-12H2. The fourth-order valence-corrected chi connectivity index (χ4v) is 5.58. The molecular formula is C20H17Cl2N5O3S. The van der Waals surface area contributed by atoms with Gasteiger partial charge in [-0.1, -0.05) is 29.3 Å². The first kappa shape index (κ1) is 20.3. The third-order valence-corrected chi connectivity index (χ3v) is 7.93. The first-order valence-corrected chi connectivity index (χ1v) is 11.7. The van der Waals surface area contributed by atoms with E-state index in [4.69, 9.17) is 23.2 Å². The van der Waals surface area contributed by atoms with Gasteiger partial charge in [0.25, 0.3) is 5.56 Å². The van der Waals surface area contributed by atoms with E-state index in [-0.39, 0.29) is 40.1 Å². The highest BCUT2D eigenvalue weighted by Crippen LogP contribution is 2.28. The first-order chi connectivity index (χ1) is 14.8. The number of pyridine rings is 1. The van der Waals surface area contributed by atoms with Crippen LogP contribution in [0.5, 0.6) is 0 Å². The Morgan fingerprint density at radius 1 is 1.13 bits per heavy atom. The van der Waals surface area contributed by atoms with Gasteiger partial charge in [-0.15, -0.1) is 0 Å². The predicted molar refractivity (Wildman–Crippen MR) is 117 cm³/mol. The van der Waals surface area contributed by atoms with Crippen molar-refractivity contribution >= 4 is 38.9 Å². The Balaban J connectivity index is 1.42. The number of rotatable bonds is 4. The number of hydrogen-bond acceptors (Lipinski definition) is 4. The summed E-state index contributed by atoms with van der Waals surface area (Å²) in [6.07, 6.45) is 4.08. The molecule has 3 aromatic heterocycles. The summed E-state index contributed by atoms with van der Waals surface area (Å²) in [5.74, 6) is 0. The number of aromatic amines is 1. The van der Waals surface area contributed by atoms with Crippen LogP contribution in [0.2, 0.25) is 10.0 Å². The molecule has 4 aromatic rings. The highest BCUT2D eigenvalue weighted by Gasteiger charge is 2.31. The van der Waals surface area contributed by atoms with Crippen LogP contribution in [0.4, 0.5) is 0 Å². The number of H-pyrrole nitrogens is 1. The minimum Gasteiger partial charge on any atom is -0.307 e. The lowest BCUT2D eigenvalue weighted by atomic mass is 10.1. The number of aromatic nitrogens is 4. The number of halogens is 2. The number of hydrogen-bond donors (Lipinski definition) is 1. The Bertz CT molecular complexity index is 1440. The maximum Gasteiger partial charge on any atom is 0.270 e. The number of benzene rings is 1.